The van der Waals surface area contributed by atoms with Crippen LogP contribution in [0.15, 0.2) is 24.3 Å². The Morgan fingerprint density at radius 2 is 1.85 bits per heavy atom. The maximum Gasteiger partial charge on any atom is 0.319 e. The Balaban J connectivity index is 1.78. The Morgan fingerprint density at radius 1 is 1.20 bits per heavy atom. The van der Waals surface area contributed by atoms with Crippen molar-refractivity contribution in [1.82, 2.24) is 5.32 Å². The van der Waals surface area contributed by atoms with Gasteiger partial charge in [0.1, 0.15) is 5.82 Å². The molecule has 0 spiro atoms. The van der Waals surface area contributed by atoms with Crippen molar-refractivity contribution >= 4 is 11.7 Å². The van der Waals surface area contributed by atoms with Gasteiger partial charge in [-0.25, -0.2) is 9.18 Å². The summed E-state index contributed by atoms with van der Waals surface area (Å²) in [4.78, 5) is 11.8. The molecule has 2 unspecified atom stereocenters. The van der Waals surface area contributed by atoms with Crippen LogP contribution in [0.5, 0.6) is 0 Å². The topological polar surface area (TPSA) is 61.4 Å². The van der Waals surface area contributed by atoms with Crippen molar-refractivity contribution in [2.45, 2.75) is 25.7 Å². The maximum atomic E-state index is 12.7. The van der Waals surface area contributed by atoms with Crippen LogP contribution >= 0.6 is 0 Å². The van der Waals surface area contributed by atoms with Crippen LogP contribution in [0.2, 0.25) is 0 Å². The lowest BCUT2D eigenvalue weighted by molar-refractivity contribution is 0.134. The first-order valence-corrected chi connectivity index (χ1v) is 7.10. The van der Waals surface area contributed by atoms with E-state index in [1.54, 1.807) is 0 Å². The molecule has 1 aliphatic carbocycles. The molecule has 3 N–H and O–H groups in total. The molecule has 0 heterocycles. The minimum absolute atomic E-state index is 0.186. The van der Waals surface area contributed by atoms with E-state index in [9.17, 15) is 14.3 Å². The molecule has 1 aromatic carbocycles. The number of carbonyl (C=O) groups excluding carboxylic acids is 1. The number of aliphatic hydroxyl groups is 1. The van der Waals surface area contributed by atoms with Crippen molar-refractivity contribution in [3.63, 3.8) is 0 Å². The van der Waals surface area contributed by atoms with E-state index in [-0.39, 0.29) is 24.4 Å². The fraction of sp³-hybridized carbons (Fsp3) is 0.533. The van der Waals surface area contributed by atoms with Gasteiger partial charge < -0.3 is 15.7 Å². The zero-order valence-electron chi connectivity index (χ0n) is 11.4. The van der Waals surface area contributed by atoms with Gasteiger partial charge in [0.2, 0.25) is 0 Å². The van der Waals surface area contributed by atoms with Crippen LogP contribution in [0.3, 0.4) is 0 Å². The van der Waals surface area contributed by atoms with E-state index in [2.05, 4.69) is 10.6 Å². The molecule has 1 aliphatic rings. The predicted molar refractivity (Wildman–Crippen MR) is 76.0 cm³/mol. The highest BCUT2D eigenvalue weighted by molar-refractivity contribution is 5.89. The molecular formula is C15H21FN2O2. The van der Waals surface area contributed by atoms with Crippen LogP contribution in [0, 0.1) is 17.7 Å². The number of aliphatic hydroxyl groups excluding tert-OH is 1. The van der Waals surface area contributed by atoms with Crippen molar-refractivity contribution < 1.29 is 14.3 Å². The molecule has 0 radical (unpaired) electrons. The van der Waals surface area contributed by atoms with Crippen molar-refractivity contribution in [1.29, 1.82) is 0 Å². The highest BCUT2D eigenvalue weighted by atomic mass is 19.1. The SMILES string of the molecule is O=C(NCC1CCCCC1CO)Nc1ccc(F)cc1. The molecule has 5 heteroatoms. The first-order chi connectivity index (χ1) is 9.69. The van der Waals surface area contributed by atoms with E-state index in [0.29, 0.717) is 18.2 Å². The third-order valence-electron chi connectivity index (χ3n) is 3.93. The van der Waals surface area contributed by atoms with Crippen LogP contribution < -0.4 is 10.6 Å². The molecule has 2 amide bonds. The molecule has 1 fully saturated rings. The third kappa shape index (κ3) is 4.20. The van der Waals surface area contributed by atoms with Gasteiger partial charge in [0, 0.05) is 18.8 Å². The van der Waals surface area contributed by atoms with Crippen LogP contribution in [-0.2, 0) is 0 Å². The summed E-state index contributed by atoms with van der Waals surface area (Å²) in [5, 5.41) is 14.8. The number of anilines is 1. The molecule has 0 bridgehead atoms. The number of amides is 2. The number of halogens is 1. The first-order valence-electron chi connectivity index (χ1n) is 7.10. The summed E-state index contributed by atoms with van der Waals surface area (Å²) in [5.41, 5.74) is 0.561. The van der Waals surface area contributed by atoms with E-state index >= 15 is 0 Å². The summed E-state index contributed by atoms with van der Waals surface area (Å²) < 4.78 is 12.7. The van der Waals surface area contributed by atoms with Crippen molar-refractivity contribution in [2.24, 2.45) is 11.8 Å². The van der Waals surface area contributed by atoms with Crippen LogP contribution in [0.1, 0.15) is 25.7 Å². The van der Waals surface area contributed by atoms with E-state index in [4.69, 9.17) is 0 Å². The summed E-state index contributed by atoms with van der Waals surface area (Å²) >= 11 is 0. The highest BCUT2D eigenvalue weighted by Crippen LogP contribution is 2.29. The summed E-state index contributed by atoms with van der Waals surface area (Å²) in [6.07, 6.45) is 4.39. The van der Waals surface area contributed by atoms with Crippen LogP contribution in [0.4, 0.5) is 14.9 Å². The molecule has 2 atom stereocenters. The van der Waals surface area contributed by atoms with Crippen molar-refractivity contribution in [3.8, 4) is 0 Å². The van der Waals surface area contributed by atoms with E-state index in [1.165, 1.54) is 24.3 Å². The Bertz CT molecular complexity index is 436. The van der Waals surface area contributed by atoms with Gasteiger partial charge in [-0.3, -0.25) is 0 Å². The minimum Gasteiger partial charge on any atom is -0.396 e. The fourth-order valence-corrected chi connectivity index (χ4v) is 2.73. The molecule has 1 saturated carbocycles. The number of benzene rings is 1. The van der Waals surface area contributed by atoms with Crippen LogP contribution in [-0.4, -0.2) is 24.3 Å². The quantitative estimate of drug-likeness (QED) is 0.794. The second-order valence-electron chi connectivity index (χ2n) is 5.33. The zero-order chi connectivity index (χ0) is 14.4. The highest BCUT2D eigenvalue weighted by Gasteiger charge is 2.24. The van der Waals surface area contributed by atoms with Crippen molar-refractivity contribution in [2.75, 3.05) is 18.5 Å². The molecule has 2 rings (SSSR count). The lowest BCUT2D eigenvalue weighted by atomic mass is 9.80. The van der Waals surface area contributed by atoms with Gasteiger partial charge in [-0.2, -0.15) is 0 Å². The van der Waals surface area contributed by atoms with Gasteiger partial charge in [-0.05, 0) is 48.9 Å². The summed E-state index contributed by atoms with van der Waals surface area (Å²) in [7, 11) is 0. The van der Waals surface area contributed by atoms with E-state index in [1.807, 2.05) is 0 Å². The summed E-state index contributed by atoms with van der Waals surface area (Å²) in [5.74, 6) is 0.298. The number of nitrogens with one attached hydrogen (secondary N) is 2. The molecular weight excluding hydrogens is 259 g/mol. The van der Waals surface area contributed by atoms with Crippen LogP contribution in [0.25, 0.3) is 0 Å². The molecule has 0 saturated heterocycles. The second-order valence-corrected chi connectivity index (χ2v) is 5.33. The third-order valence-corrected chi connectivity index (χ3v) is 3.93. The molecule has 1 aromatic rings. The van der Waals surface area contributed by atoms with Crippen molar-refractivity contribution in [3.05, 3.63) is 30.1 Å². The Kier molecular flexibility index (Phi) is 5.35. The largest absolute Gasteiger partial charge is 0.396 e. The summed E-state index contributed by atoms with van der Waals surface area (Å²) in [6.45, 7) is 0.754. The number of hydrogen-bond donors (Lipinski definition) is 3. The average Bonchev–Trinajstić information content (AvgIpc) is 2.48. The first kappa shape index (κ1) is 14.8. The molecule has 20 heavy (non-hydrogen) atoms. The average molecular weight is 280 g/mol. The molecule has 0 aliphatic heterocycles. The zero-order valence-corrected chi connectivity index (χ0v) is 11.4. The van der Waals surface area contributed by atoms with Gasteiger partial charge >= 0.3 is 6.03 Å². The maximum absolute atomic E-state index is 12.7. The standard InChI is InChI=1S/C15H21FN2O2/c16-13-5-7-14(8-6-13)18-15(20)17-9-11-3-1-2-4-12(11)10-19/h5-8,11-12,19H,1-4,9-10H2,(H2,17,18,20). The van der Waals surface area contributed by atoms with Gasteiger partial charge in [0.25, 0.3) is 0 Å². The lowest BCUT2D eigenvalue weighted by Crippen LogP contribution is -2.37. The lowest BCUT2D eigenvalue weighted by Gasteiger charge is -2.30. The predicted octanol–water partition coefficient (Wildman–Crippen LogP) is 2.75. The number of carbonyl (C=O) groups is 1. The Hall–Kier alpha value is -1.62. The number of urea groups is 1. The monoisotopic (exact) mass is 280 g/mol. The fourth-order valence-electron chi connectivity index (χ4n) is 2.73. The number of rotatable bonds is 4. The van der Waals surface area contributed by atoms with E-state index < -0.39 is 0 Å². The molecule has 0 aromatic heterocycles. The second kappa shape index (κ2) is 7.24. The Labute approximate surface area is 118 Å². The van der Waals surface area contributed by atoms with Gasteiger partial charge in [0.15, 0.2) is 0 Å². The molecule has 4 nitrogen and oxygen atoms in total. The van der Waals surface area contributed by atoms with E-state index in [0.717, 1.165) is 25.7 Å². The number of hydrogen-bond acceptors (Lipinski definition) is 2. The smallest absolute Gasteiger partial charge is 0.319 e. The minimum atomic E-state index is -0.330. The molecule has 110 valence electrons. The van der Waals surface area contributed by atoms with Gasteiger partial charge in [0.05, 0.1) is 0 Å². The van der Waals surface area contributed by atoms with Gasteiger partial charge in [-0.1, -0.05) is 12.8 Å². The Morgan fingerprint density at radius 3 is 2.50 bits per heavy atom. The van der Waals surface area contributed by atoms with Gasteiger partial charge in [-0.15, -0.1) is 0 Å². The summed E-state index contributed by atoms with van der Waals surface area (Å²) in [6, 6.07) is 5.36. The normalized spacial score (nSPS) is 22.3.